The van der Waals surface area contributed by atoms with E-state index in [1.807, 2.05) is 55.1 Å². The summed E-state index contributed by atoms with van der Waals surface area (Å²) in [5.74, 6) is 0.779. The topological polar surface area (TPSA) is 66.0 Å². The second kappa shape index (κ2) is 9.28. The lowest BCUT2D eigenvalue weighted by Gasteiger charge is -2.42. The van der Waals surface area contributed by atoms with Crippen molar-refractivity contribution in [3.8, 4) is 5.75 Å². The Bertz CT molecular complexity index is 937. The van der Waals surface area contributed by atoms with Gasteiger partial charge in [-0.15, -0.1) is 0 Å². The SMILES string of the molecule is COc1ccc(CCN2C(=O)N(C(C)C)C(=O)C23CCN(Cc2ccncc2)CC3)cc1. The summed E-state index contributed by atoms with van der Waals surface area (Å²) in [4.78, 5) is 36.6. The number of imide groups is 1. The van der Waals surface area contributed by atoms with Gasteiger partial charge in [-0.05, 0) is 68.5 Å². The van der Waals surface area contributed by atoms with E-state index in [4.69, 9.17) is 4.74 Å². The molecule has 0 radical (unpaired) electrons. The summed E-state index contributed by atoms with van der Waals surface area (Å²) >= 11 is 0. The number of piperidine rings is 1. The first kappa shape index (κ1) is 22.3. The van der Waals surface area contributed by atoms with E-state index in [-0.39, 0.29) is 18.0 Å². The van der Waals surface area contributed by atoms with Crippen molar-refractivity contribution in [2.45, 2.75) is 51.2 Å². The number of nitrogens with zero attached hydrogens (tertiary/aromatic N) is 4. The van der Waals surface area contributed by atoms with Crippen LogP contribution in [0.1, 0.15) is 37.8 Å². The summed E-state index contributed by atoms with van der Waals surface area (Å²) in [7, 11) is 1.65. The highest BCUT2D eigenvalue weighted by molar-refractivity contribution is 6.07. The van der Waals surface area contributed by atoms with E-state index in [9.17, 15) is 9.59 Å². The standard InChI is InChI=1S/C25H32N4O3/c1-19(2)29-23(30)25(11-16-27(17-12-25)18-21-8-13-26-14-9-21)28(24(29)31)15-10-20-4-6-22(32-3)7-5-20/h4-9,13-14,19H,10-12,15-18H2,1-3H3. The van der Waals surface area contributed by atoms with Gasteiger partial charge in [-0.3, -0.25) is 19.6 Å². The monoisotopic (exact) mass is 436 g/mol. The Morgan fingerprint density at radius 3 is 2.25 bits per heavy atom. The van der Waals surface area contributed by atoms with Crippen LogP contribution in [0.25, 0.3) is 0 Å². The van der Waals surface area contributed by atoms with Crippen molar-refractivity contribution in [2.24, 2.45) is 0 Å². The maximum atomic E-state index is 13.5. The fourth-order valence-corrected chi connectivity index (χ4v) is 4.85. The van der Waals surface area contributed by atoms with Crippen molar-refractivity contribution in [2.75, 3.05) is 26.7 Å². The van der Waals surface area contributed by atoms with Crippen LogP contribution in [-0.4, -0.2) is 69.9 Å². The van der Waals surface area contributed by atoms with Gasteiger partial charge in [0.05, 0.1) is 7.11 Å². The molecule has 2 fully saturated rings. The van der Waals surface area contributed by atoms with E-state index >= 15 is 0 Å². The van der Waals surface area contributed by atoms with Gasteiger partial charge in [-0.25, -0.2) is 4.79 Å². The molecule has 2 saturated heterocycles. The van der Waals surface area contributed by atoms with E-state index < -0.39 is 5.54 Å². The molecule has 1 aromatic heterocycles. The Morgan fingerprint density at radius 2 is 1.66 bits per heavy atom. The van der Waals surface area contributed by atoms with Gasteiger partial charge in [-0.1, -0.05) is 12.1 Å². The minimum Gasteiger partial charge on any atom is -0.497 e. The number of rotatable bonds is 7. The summed E-state index contributed by atoms with van der Waals surface area (Å²) < 4.78 is 5.24. The second-order valence-corrected chi connectivity index (χ2v) is 8.96. The number of methoxy groups -OCH3 is 1. The smallest absolute Gasteiger partial charge is 0.327 e. The number of ether oxygens (including phenoxy) is 1. The molecule has 0 aliphatic carbocycles. The molecule has 2 aliphatic rings. The minimum absolute atomic E-state index is 0.0317. The van der Waals surface area contributed by atoms with Crippen LogP contribution in [-0.2, 0) is 17.8 Å². The molecule has 0 bridgehead atoms. The van der Waals surface area contributed by atoms with Crippen molar-refractivity contribution in [1.29, 1.82) is 0 Å². The predicted molar refractivity (Wildman–Crippen MR) is 122 cm³/mol. The first-order valence-electron chi connectivity index (χ1n) is 11.3. The number of aromatic nitrogens is 1. The predicted octanol–water partition coefficient (Wildman–Crippen LogP) is 3.34. The molecule has 3 amide bonds. The largest absolute Gasteiger partial charge is 0.497 e. The number of likely N-dealkylation sites (tertiary alicyclic amines) is 1. The lowest BCUT2D eigenvalue weighted by molar-refractivity contribution is -0.136. The molecule has 1 aromatic carbocycles. The second-order valence-electron chi connectivity index (χ2n) is 8.96. The molecule has 1 spiro atoms. The molecule has 4 rings (SSSR count). The van der Waals surface area contributed by atoms with Gasteiger partial charge in [0.1, 0.15) is 11.3 Å². The maximum Gasteiger partial charge on any atom is 0.327 e. The molecule has 0 atom stereocenters. The number of hydrogen-bond donors (Lipinski definition) is 0. The Morgan fingerprint density at radius 1 is 1.00 bits per heavy atom. The fraction of sp³-hybridized carbons (Fsp3) is 0.480. The van der Waals surface area contributed by atoms with E-state index in [0.29, 0.717) is 25.8 Å². The molecule has 7 nitrogen and oxygen atoms in total. The number of urea groups is 1. The molecule has 170 valence electrons. The van der Waals surface area contributed by atoms with Gasteiger partial charge in [0, 0.05) is 44.6 Å². The first-order valence-corrected chi connectivity index (χ1v) is 11.3. The highest BCUT2D eigenvalue weighted by atomic mass is 16.5. The van der Waals surface area contributed by atoms with Gasteiger partial charge in [0.25, 0.3) is 5.91 Å². The molecule has 32 heavy (non-hydrogen) atoms. The van der Waals surface area contributed by atoms with Crippen LogP contribution in [0.5, 0.6) is 5.75 Å². The van der Waals surface area contributed by atoms with Crippen LogP contribution in [0.3, 0.4) is 0 Å². The average Bonchev–Trinajstić information content (AvgIpc) is 3.00. The van der Waals surface area contributed by atoms with Crippen molar-refractivity contribution in [3.63, 3.8) is 0 Å². The third kappa shape index (κ3) is 4.21. The molecule has 3 heterocycles. The molecular weight excluding hydrogens is 404 g/mol. The number of amides is 3. The average molecular weight is 437 g/mol. The molecule has 2 aliphatic heterocycles. The zero-order valence-corrected chi connectivity index (χ0v) is 19.2. The van der Waals surface area contributed by atoms with Crippen LogP contribution in [0.2, 0.25) is 0 Å². The van der Waals surface area contributed by atoms with E-state index in [1.54, 1.807) is 19.5 Å². The molecule has 0 unspecified atom stereocenters. The van der Waals surface area contributed by atoms with Gasteiger partial charge in [0.15, 0.2) is 0 Å². The van der Waals surface area contributed by atoms with Gasteiger partial charge >= 0.3 is 6.03 Å². The van der Waals surface area contributed by atoms with Crippen molar-refractivity contribution >= 4 is 11.9 Å². The Labute approximate surface area is 190 Å². The number of carbonyl (C=O) groups is 2. The van der Waals surface area contributed by atoms with E-state index in [2.05, 4.69) is 9.88 Å². The number of pyridine rings is 1. The zero-order valence-electron chi connectivity index (χ0n) is 19.2. The summed E-state index contributed by atoms with van der Waals surface area (Å²) in [6.45, 7) is 6.76. The van der Waals surface area contributed by atoms with Crippen LogP contribution in [0, 0.1) is 0 Å². The molecule has 0 N–H and O–H groups in total. The van der Waals surface area contributed by atoms with Crippen LogP contribution < -0.4 is 4.74 Å². The third-order valence-electron chi connectivity index (χ3n) is 6.71. The maximum absolute atomic E-state index is 13.5. The van der Waals surface area contributed by atoms with E-state index in [0.717, 1.165) is 30.9 Å². The Balaban J connectivity index is 1.49. The van der Waals surface area contributed by atoms with Crippen LogP contribution in [0.4, 0.5) is 4.79 Å². The van der Waals surface area contributed by atoms with Gasteiger partial charge in [0.2, 0.25) is 0 Å². The molecule has 2 aromatic rings. The Hall–Kier alpha value is -2.93. The van der Waals surface area contributed by atoms with E-state index in [1.165, 1.54) is 10.5 Å². The summed E-state index contributed by atoms with van der Waals surface area (Å²) in [6.07, 6.45) is 5.64. The lowest BCUT2D eigenvalue weighted by Crippen LogP contribution is -2.56. The Kier molecular flexibility index (Phi) is 6.46. The minimum atomic E-state index is -0.734. The van der Waals surface area contributed by atoms with Crippen molar-refractivity contribution < 1.29 is 14.3 Å². The lowest BCUT2D eigenvalue weighted by atomic mass is 9.85. The van der Waals surface area contributed by atoms with Gasteiger partial charge < -0.3 is 9.64 Å². The normalized spacial score (nSPS) is 18.8. The summed E-state index contributed by atoms with van der Waals surface area (Å²) in [6, 6.07) is 11.7. The number of benzene rings is 1. The first-order chi connectivity index (χ1) is 15.4. The molecule has 7 heteroatoms. The van der Waals surface area contributed by atoms with Crippen molar-refractivity contribution in [1.82, 2.24) is 19.7 Å². The van der Waals surface area contributed by atoms with Crippen molar-refractivity contribution in [3.05, 3.63) is 59.9 Å². The summed E-state index contributed by atoms with van der Waals surface area (Å²) in [5.41, 5.74) is 1.60. The third-order valence-corrected chi connectivity index (χ3v) is 6.71. The van der Waals surface area contributed by atoms with Crippen LogP contribution in [0.15, 0.2) is 48.8 Å². The fourth-order valence-electron chi connectivity index (χ4n) is 4.85. The highest BCUT2D eigenvalue weighted by Gasteiger charge is 2.58. The molecule has 0 saturated carbocycles. The van der Waals surface area contributed by atoms with Gasteiger partial charge in [-0.2, -0.15) is 0 Å². The zero-order chi connectivity index (χ0) is 22.7. The highest BCUT2D eigenvalue weighted by Crippen LogP contribution is 2.38. The number of hydrogen-bond acceptors (Lipinski definition) is 5. The summed E-state index contributed by atoms with van der Waals surface area (Å²) in [5, 5.41) is 0. The van der Waals surface area contributed by atoms with Crippen LogP contribution >= 0.6 is 0 Å². The number of carbonyl (C=O) groups excluding carboxylic acids is 2. The quantitative estimate of drug-likeness (QED) is 0.623. The molecular formula is C25H32N4O3.